The molecule has 0 spiro atoms. The Hall–Kier alpha value is -4.19. The fourth-order valence-corrected chi connectivity index (χ4v) is 2.91. The number of aromatic nitrogens is 2. The van der Waals surface area contributed by atoms with Gasteiger partial charge in [0.1, 0.15) is 18.0 Å². The molecule has 0 saturated carbocycles. The third-order valence-electron chi connectivity index (χ3n) is 4.40. The Bertz CT molecular complexity index is 1210. The summed E-state index contributed by atoms with van der Waals surface area (Å²) in [6.45, 7) is 0.388. The lowest BCUT2D eigenvalue weighted by molar-refractivity contribution is 0.101. The molecular weight excluding hydrogens is 378 g/mol. The van der Waals surface area contributed by atoms with Crippen LogP contribution in [0.15, 0.2) is 102 Å². The SMILES string of the molecule is O=C(Nc1ccccc1)c1nn(-c2ccccc2OCc2ccccc2)ccc1=O. The summed E-state index contributed by atoms with van der Waals surface area (Å²) in [6, 6.07) is 27.4. The lowest BCUT2D eigenvalue weighted by atomic mass is 10.2. The molecule has 0 unspecified atom stereocenters. The average molecular weight is 397 g/mol. The second kappa shape index (κ2) is 8.87. The molecule has 6 nitrogen and oxygen atoms in total. The van der Waals surface area contributed by atoms with Gasteiger partial charge in [0.25, 0.3) is 5.91 Å². The van der Waals surface area contributed by atoms with Crippen molar-refractivity contribution in [2.45, 2.75) is 6.61 Å². The van der Waals surface area contributed by atoms with E-state index in [1.807, 2.05) is 60.7 Å². The molecule has 1 heterocycles. The van der Waals surface area contributed by atoms with Crippen LogP contribution >= 0.6 is 0 Å². The van der Waals surface area contributed by atoms with Gasteiger partial charge in [-0.2, -0.15) is 5.10 Å². The Morgan fingerprint density at radius 2 is 1.53 bits per heavy atom. The second-order valence-electron chi connectivity index (χ2n) is 6.54. The van der Waals surface area contributed by atoms with Crippen LogP contribution in [0.2, 0.25) is 0 Å². The number of amides is 1. The summed E-state index contributed by atoms with van der Waals surface area (Å²) in [6.07, 6.45) is 1.52. The second-order valence-corrected chi connectivity index (χ2v) is 6.54. The molecule has 4 aromatic rings. The Kier molecular flexibility index (Phi) is 5.66. The zero-order valence-electron chi connectivity index (χ0n) is 16.1. The van der Waals surface area contributed by atoms with Crippen molar-refractivity contribution in [2.24, 2.45) is 0 Å². The molecule has 3 aromatic carbocycles. The highest BCUT2D eigenvalue weighted by atomic mass is 16.5. The lowest BCUT2D eigenvalue weighted by Crippen LogP contribution is -2.25. The van der Waals surface area contributed by atoms with Gasteiger partial charge in [0.2, 0.25) is 5.43 Å². The largest absolute Gasteiger partial charge is 0.487 e. The zero-order valence-corrected chi connectivity index (χ0v) is 16.1. The van der Waals surface area contributed by atoms with E-state index in [0.717, 1.165) is 5.56 Å². The van der Waals surface area contributed by atoms with Crippen molar-refractivity contribution < 1.29 is 9.53 Å². The van der Waals surface area contributed by atoms with Crippen LogP contribution in [0, 0.1) is 0 Å². The molecule has 1 aromatic heterocycles. The number of ether oxygens (including phenoxy) is 1. The first kappa shape index (κ1) is 19.1. The van der Waals surface area contributed by atoms with Gasteiger partial charge >= 0.3 is 0 Å². The fourth-order valence-electron chi connectivity index (χ4n) is 2.91. The van der Waals surface area contributed by atoms with Crippen molar-refractivity contribution >= 4 is 11.6 Å². The molecule has 0 fully saturated rings. The number of hydrogen-bond acceptors (Lipinski definition) is 4. The molecule has 0 atom stereocenters. The zero-order chi connectivity index (χ0) is 20.8. The third-order valence-corrected chi connectivity index (χ3v) is 4.40. The molecule has 148 valence electrons. The van der Waals surface area contributed by atoms with Crippen molar-refractivity contribution in [3.05, 3.63) is 119 Å². The van der Waals surface area contributed by atoms with Crippen molar-refractivity contribution in [1.82, 2.24) is 9.78 Å². The standard InChI is InChI=1S/C24H19N3O3/c28-21-15-16-27(26-23(21)24(29)25-19-11-5-2-6-12-19)20-13-7-8-14-22(20)30-17-18-9-3-1-4-10-18/h1-16H,17H2,(H,25,29). The summed E-state index contributed by atoms with van der Waals surface area (Å²) in [5.41, 5.74) is 1.59. The van der Waals surface area contributed by atoms with Crippen LogP contribution in [0.3, 0.4) is 0 Å². The highest BCUT2D eigenvalue weighted by Crippen LogP contribution is 2.22. The van der Waals surface area contributed by atoms with Crippen molar-refractivity contribution in [2.75, 3.05) is 5.32 Å². The molecular formula is C24H19N3O3. The number of nitrogens with zero attached hydrogens (tertiary/aromatic N) is 2. The monoisotopic (exact) mass is 397 g/mol. The van der Waals surface area contributed by atoms with Crippen molar-refractivity contribution in [3.63, 3.8) is 0 Å². The van der Waals surface area contributed by atoms with Crippen LogP contribution in [0.4, 0.5) is 5.69 Å². The number of rotatable bonds is 6. The molecule has 0 radical (unpaired) electrons. The topological polar surface area (TPSA) is 73.2 Å². The Labute approximate surface area is 173 Å². The normalized spacial score (nSPS) is 10.4. The number of nitrogens with one attached hydrogen (secondary N) is 1. The maximum Gasteiger partial charge on any atom is 0.280 e. The summed E-state index contributed by atoms with van der Waals surface area (Å²) < 4.78 is 7.44. The Morgan fingerprint density at radius 3 is 2.30 bits per heavy atom. The number of carbonyl (C=O) groups is 1. The third kappa shape index (κ3) is 4.44. The number of carbonyl (C=O) groups excluding carboxylic acids is 1. The van der Waals surface area contributed by atoms with Gasteiger partial charge in [-0.25, -0.2) is 4.68 Å². The molecule has 6 heteroatoms. The molecule has 0 aliphatic carbocycles. The van der Waals surface area contributed by atoms with Gasteiger partial charge in [-0.3, -0.25) is 9.59 Å². The first-order valence-corrected chi connectivity index (χ1v) is 9.43. The minimum absolute atomic E-state index is 0.195. The maximum absolute atomic E-state index is 12.6. The molecule has 0 bridgehead atoms. The van der Waals surface area contributed by atoms with Gasteiger partial charge in [-0.1, -0.05) is 60.7 Å². The Balaban J connectivity index is 1.61. The quantitative estimate of drug-likeness (QED) is 0.532. The van der Waals surface area contributed by atoms with E-state index in [4.69, 9.17) is 4.74 Å². The molecule has 1 N–H and O–H groups in total. The number of para-hydroxylation sites is 3. The summed E-state index contributed by atoms with van der Waals surface area (Å²) in [5.74, 6) is 0.0233. The summed E-state index contributed by atoms with van der Waals surface area (Å²) in [7, 11) is 0. The van der Waals surface area contributed by atoms with E-state index in [0.29, 0.717) is 23.7 Å². The van der Waals surface area contributed by atoms with Crippen LogP contribution in [0.5, 0.6) is 5.75 Å². The maximum atomic E-state index is 12.6. The van der Waals surface area contributed by atoms with Crippen LogP contribution in [-0.2, 0) is 6.61 Å². The van der Waals surface area contributed by atoms with Crippen LogP contribution < -0.4 is 15.5 Å². The first-order valence-electron chi connectivity index (χ1n) is 9.43. The van der Waals surface area contributed by atoms with Crippen molar-refractivity contribution in [1.29, 1.82) is 0 Å². The summed E-state index contributed by atoms with van der Waals surface area (Å²) >= 11 is 0. The van der Waals surface area contributed by atoms with Crippen LogP contribution in [-0.4, -0.2) is 15.7 Å². The average Bonchev–Trinajstić information content (AvgIpc) is 2.79. The fraction of sp³-hybridized carbons (Fsp3) is 0.0417. The molecule has 0 aliphatic rings. The van der Waals surface area contributed by atoms with Crippen molar-refractivity contribution in [3.8, 4) is 11.4 Å². The van der Waals surface area contributed by atoms with E-state index in [1.165, 1.54) is 16.9 Å². The molecule has 1 amide bonds. The molecule has 0 saturated heterocycles. The van der Waals surface area contributed by atoms with Crippen LogP contribution in [0.25, 0.3) is 5.69 Å². The van der Waals surface area contributed by atoms with Gasteiger partial charge in [0, 0.05) is 18.0 Å². The number of hydrogen-bond donors (Lipinski definition) is 1. The van der Waals surface area contributed by atoms with E-state index in [2.05, 4.69) is 10.4 Å². The minimum Gasteiger partial charge on any atom is -0.487 e. The minimum atomic E-state index is -0.566. The molecule has 30 heavy (non-hydrogen) atoms. The van der Waals surface area contributed by atoms with E-state index in [9.17, 15) is 9.59 Å². The highest BCUT2D eigenvalue weighted by Gasteiger charge is 2.15. The van der Waals surface area contributed by atoms with E-state index < -0.39 is 11.3 Å². The predicted octanol–water partition coefficient (Wildman–Crippen LogP) is 4.06. The van der Waals surface area contributed by atoms with Gasteiger partial charge in [-0.15, -0.1) is 0 Å². The van der Waals surface area contributed by atoms with Gasteiger partial charge in [-0.05, 0) is 29.8 Å². The molecule has 4 rings (SSSR count). The first-order chi connectivity index (χ1) is 14.7. The van der Waals surface area contributed by atoms with Gasteiger partial charge < -0.3 is 10.1 Å². The summed E-state index contributed by atoms with van der Waals surface area (Å²) in [5, 5.41) is 6.96. The highest BCUT2D eigenvalue weighted by molar-refractivity contribution is 6.02. The number of anilines is 1. The summed E-state index contributed by atoms with van der Waals surface area (Å²) in [4.78, 5) is 24.9. The molecule has 0 aliphatic heterocycles. The van der Waals surface area contributed by atoms with E-state index in [1.54, 1.807) is 24.3 Å². The van der Waals surface area contributed by atoms with Crippen LogP contribution in [0.1, 0.15) is 16.1 Å². The predicted molar refractivity (Wildman–Crippen MR) is 115 cm³/mol. The van der Waals surface area contributed by atoms with Gasteiger partial charge in [0.15, 0.2) is 5.69 Å². The van der Waals surface area contributed by atoms with E-state index in [-0.39, 0.29) is 5.69 Å². The smallest absolute Gasteiger partial charge is 0.280 e. The van der Waals surface area contributed by atoms with E-state index >= 15 is 0 Å². The number of benzene rings is 3. The van der Waals surface area contributed by atoms with Gasteiger partial charge in [0.05, 0.1) is 0 Å². The lowest BCUT2D eigenvalue weighted by Gasteiger charge is -2.13. The Morgan fingerprint density at radius 1 is 0.867 bits per heavy atom.